The Morgan fingerprint density at radius 1 is 1.00 bits per heavy atom. The maximum atomic E-state index is 14.0. The predicted octanol–water partition coefficient (Wildman–Crippen LogP) is 3.24. The van der Waals surface area contributed by atoms with Gasteiger partial charge in [0, 0.05) is 37.4 Å². The van der Waals surface area contributed by atoms with E-state index >= 15 is 0 Å². The molecule has 0 spiro atoms. The van der Waals surface area contributed by atoms with Gasteiger partial charge >= 0.3 is 17.8 Å². The lowest BCUT2D eigenvalue weighted by Gasteiger charge is -2.32. The average molecular weight is 519 g/mol. The van der Waals surface area contributed by atoms with Gasteiger partial charge in [-0.25, -0.2) is 18.0 Å². The molecule has 3 N–H and O–H groups in total. The van der Waals surface area contributed by atoms with E-state index in [1.54, 1.807) is 12.1 Å². The van der Waals surface area contributed by atoms with Crippen molar-refractivity contribution in [2.24, 2.45) is 0 Å². The highest BCUT2D eigenvalue weighted by molar-refractivity contribution is 6.35. The Balaban J connectivity index is 1.28. The third-order valence-corrected chi connectivity index (χ3v) is 6.64. The lowest BCUT2D eigenvalue weighted by molar-refractivity contribution is -0.147. The molecule has 2 heterocycles. The van der Waals surface area contributed by atoms with Crippen LogP contribution < -0.4 is 10.6 Å². The third-order valence-electron chi connectivity index (χ3n) is 6.64. The van der Waals surface area contributed by atoms with Crippen LogP contribution in [-0.2, 0) is 22.7 Å². The first-order valence-electron chi connectivity index (χ1n) is 12.0. The van der Waals surface area contributed by atoms with Crippen LogP contribution >= 0.6 is 0 Å². The van der Waals surface area contributed by atoms with Crippen molar-refractivity contribution >= 4 is 23.5 Å². The summed E-state index contributed by atoms with van der Waals surface area (Å²) in [6.07, 6.45) is 1.34. The van der Waals surface area contributed by atoms with Gasteiger partial charge in [0.1, 0.15) is 0 Å². The van der Waals surface area contributed by atoms with E-state index in [1.165, 1.54) is 23.6 Å². The van der Waals surface area contributed by atoms with Crippen molar-refractivity contribution in [1.29, 1.82) is 0 Å². The predicted molar refractivity (Wildman–Crippen MR) is 129 cm³/mol. The monoisotopic (exact) mass is 518 g/mol. The summed E-state index contributed by atoms with van der Waals surface area (Å²) in [5.41, 5.74) is 0.646. The molecule has 0 bridgehead atoms. The van der Waals surface area contributed by atoms with Crippen molar-refractivity contribution in [2.45, 2.75) is 51.3 Å². The number of anilines is 1. The Hall–Kier alpha value is -3.60. The number of hydrogen-bond donors (Lipinski definition) is 3. The van der Waals surface area contributed by atoms with Crippen LogP contribution in [-0.4, -0.2) is 58.0 Å². The zero-order valence-corrected chi connectivity index (χ0v) is 20.6. The van der Waals surface area contributed by atoms with Crippen molar-refractivity contribution in [2.75, 3.05) is 25.0 Å². The van der Waals surface area contributed by atoms with Gasteiger partial charge in [0.2, 0.25) is 0 Å². The van der Waals surface area contributed by atoms with E-state index in [0.29, 0.717) is 31.6 Å². The molecule has 0 radical (unpaired) electrons. The van der Waals surface area contributed by atoms with Gasteiger partial charge in [-0.15, -0.1) is 0 Å². The van der Waals surface area contributed by atoms with Gasteiger partial charge < -0.3 is 25.5 Å². The van der Waals surface area contributed by atoms with Crippen LogP contribution in [0.1, 0.15) is 49.3 Å². The molecule has 0 aromatic heterocycles. The number of halogens is 3. The van der Waals surface area contributed by atoms with Gasteiger partial charge in [0.25, 0.3) is 0 Å². The molecule has 0 saturated carbocycles. The minimum atomic E-state index is -1.54. The van der Waals surface area contributed by atoms with E-state index in [-0.39, 0.29) is 36.7 Å². The molecule has 2 aromatic carbocycles. The number of urea groups is 1. The van der Waals surface area contributed by atoms with Crippen LogP contribution in [0, 0.1) is 17.5 Å². The second-order valence-corrected chi connectivity index (χ2v) is 10.1. The SMILES string of the molecule is CC(C)(O)CNC(=O)C(=O)N1CCC(c2ccc(NC(=O)N3Cc4cc(F)c(F)c(F)c4C3)cc2)CC1. The summed E-state index contributed by atoms with van der Waals surface area (Å²) in [5.74, 6) is -5.26. The number of benzene rings is 2. The van der Waals surface area contributed by atoms with Gasteiger partial charge in [0.05, 0.1) is 12.1 Å². The number of piperidine rings is 1. The number of carbonyl (C=O) groups excluding carboxylic acids is 3. The van der Waals surface area contributed by atoms with Gasteiger partial charge in [0.15, 0.2) is 17.5 Å². The second kappa shape index (κ2) is 10.4. The van der Waals surface area contributed by atoms with E-state index in [0.717, 1.165) is 11.6 Å². The van der Waals surface area contributed by atoms with Crippen LogP contribution in [0.4, 0.5) is 23.7 Å². The Bertz CT molecular complexity index is 1210. The lowest BCUT2D eigenvalue weighted by atomic mass is 9.89. The molecule has 0 atom stereocenters. The maximum absolute atomic E-state index is 14.0. The molecule has 2 aliphatic rings. The van der Waals surface area contributed by atoms with Gasteiger partial charge in [-0.2, -0.15) is 0 Å². The Labute approximate surface area is 212 Å². The molecule has 1 fully saturated rings. The molecule has 37 heavy (non-hydrogen) atoms. The minimum Gasteiger partial charge on any atom is -0.389 e. The fraction of sp³-hybridized carbons (Fsp3) is 0.423. The number of amides is 4. The summed E-state index contributed by atoms with van der Waals surface area (Å²) in [5, 5.41) is 14.9. The number of nitrogens with zero attached hydrogens (tertiary/aromatic N) is 2. The highest BCUT2D eigenvalue weighted by Gasteiger charge is 2.30. The first-order chi connectivity index (χ1) is 17.4. The summed E-state index contributed by atoms with van der Waals surface area (Å²) in [7, 11) is 0. The van der Waals surface area contributed by atoms with Crippen molar-refractivity contribution in [1.82, 2.24) is 15.1 Å². The first-order valence-corrected chi connectivity index (χ1v) is 12.0. The molecule has 4 amide bonds. The van der Waals surface area contributed by atoms with Crippen LogP contribution in [0.2, 0.25) is 0 Å². The molecular weight excluding hydrogens is 489 g/mol. The number of aliphatic hydroxyl groups is 1. The van der Waals surface area contributed by atoms with E-state index in [9.17, 15) is 32.7 Å². The van der Waals surface area contributed by atoms with Crippen molar-refractivity contribution in [3.8, 4) is 0 Å². The van der Waals surface area contributed by atoms with Crippen molar-refractivity contribution in [3.05, 3.63) is 64.5 Å². The van der Waals surface area contributed by atoms with Gasteiger partial charge in [-0.05, 0) is 61.9 Å². The van der Waals surface area contributed by atoms with Gasteiger partial charge in [-0.3, -0.25) is 9.59 Å². The topological polar surface area (TPSA) is 102 Å². The standard InChI is InChI=1S/C26H29F3N4O4/c1-26(2,37)14-30-23(34)24(35)32-9-7-16(8-10-32)15-3-5-18(6-4-15)31-25(36)33-12-17-11-20(27)22(29)21(28)19(17)13-33/h3-6,11,16,37H,7-10,12-14H2,1-2H3,(H,30,34)(H,31,36). The fourth-order valence-electron chi connectivity index (χ4n) is 4.56. The minimum absolute atomic E-state index is 0.0182. The van der Waals surface area contributed by atoms with Gasteiger partial charge in [-0.1, -0.05) is 12.1 Å². The van der Waals surface area contributed by atoms with E-state index < -0.39 is 40.9 Å². The molecule has 198 valence electrons. The Morgan fingerprint density at radius 3 is 2.27 bits per heavy atom. The zero-order chi connectivity index (χ0) is 26.9. The summed E-state index contributed by atoms with van der Waals surface area (Å²) in [6, 6.07) is 7.61. The fourth-order valence-corrected chi connectivity index (χ4v) is 4.56. The Kier molecular flexibility index (Phi) is 7.44. The third kappa shape index (κ3) is 6.04. The van der Waals surface area contributed by atoms with Crippen LogP contribution in [0.15, 0.2) is 30.3 Å². The number of carbonyl (C=O) groups is 3. The molecule has 0 aliphatic carbocycles. The molecule has 1 saturated heterocycles. The molecule has 2 aliphatic heterocycles. The summed E-state index contributed by atoms with van der Waals surface area (Å²) in [4.78, 5) is 39.8. The maximum Gasteiger partial charge on any atom is 0.322 e. The smallest absolute Gasteiger partial charge is 0.322 e. The summed E-state index contributed by atoms with van der Waals surface area (Å²) < 4.78 is 41.0. The summed E-state index contributed by atoms with van der Waals surface area (Å²) in [6.45, 7) is 3.72. The van der Waals surface area contributed by atoms with E-state index in [4.69, 9.17) is 0 Å². The number of hydrogen-bond acceptors (Lipinski definition) is 4. The normalized spacial score (nSPS) is 15.9. The molecule has 0 unspecified atom stereocenters. The van der Waals surface area contributed by atoms with Crippen molar-refractivity contribution < 1.29 is 32.7 Å². The van der Waals surface area contributed by atoms with Crippen LogP contribution in [0.5, 0.6) is 0 Å². The quantitative estimate of drug-likeness (QED) is 0.427. The van der Waals surface area contributed by atoms with Crippen molar-refractivity contribution in [3.63, 3.8) is 0 Å². The van der Waals surface area contributed by atoms with E-state index in [2.05, 4.69) is 10.6 Å². The highest BCUT2D eigenvalue weighted by atomic mass is 19.2. The highest BCUT2D eigenvalue weighted by Crippen LogP contribution is 2.31. The number of nitrogens with one attached hydrogen (secondary N) is 2. The number of rotatable bonds is 4. The second-order valence-electron chi connectivity index (χ2n) is 10.1. The van der Waals surface area contributed by atoms with Crippen LogP contribution in [0.25, 0.3) is 0 Å². The molecule has 4 rings (SSSR count). The molecular formula is C26H29F3N4O4. The summed E-state index contributed by atoms with van der Waals surface area (Å²) >= 11 is 0. The molecule has 8 nitrogen and oxygen atoms in total. The number of likely N-dealkylation sites (tertiary alicyclic amines) is 1. The number of fused-ring (bicyclic) bond motifs is 1. The average Bonchev–Trinajstić information content (AvgIpc) is 3.30. The lowest BCUT2D eigenvalue weighted by Crippen LogP contribution is -2.48. The largest absolute Gasteiger partial charge is 0.389 e. The Morgan fingerprint density at radius 2 is 1.65 bits per heavy atom. The van der Waals surface area contributed by atoms with E-state index in [1.807, 2.05) is 12.1 Å². The zero-order valence-electron chi connectivity index (χ0n) is 20.6. The molecule has 11 heteroatoms. The first kappa shape index (κ1) is 26.5. The molecule has 2 aromatic rings. The van der Waals surface area contributed by atoms with Crippen LogP contribution in [0.3, 0.4) is 0 Å².